The summed E-state index contributed by atoms with van der Waals surface area (Å²) in [6, 6.07) is 6.34. The summed E-state index contributed by atoms with van der Waals surface area (Å²) in [6.07, 6.45) is 0.209. The summed E-state index contributed by atoms with van der Waals surface area (Å²) in [5.74, 6) is 0.995. The Morgan fingerprint density at radius 3 is 2.35 bits per heavy atom. The van der Waals surface area contributed by atoms with Gasteiger partial charge in [0.05, 0.1) is 6.10 Å². The standard InChI is InChI=1S/C15H25NO/c1-7-16-12-8-9-14(17-11(2)3)13(10-12)15(4,5)6/h8-11,16H,7H2,1-6H3. The summed E-state index contributed by atoms with van der Waals surface area (Å²) in [4.78, 5) is 0. The molecule has 0 amide bonds. The molecule has 0 saturated heterocycles. The van der Waals surface area contributed by atoms with Gasteiger partial charge in [0.15, 0.2) is 0 Å². The maximum atomic E-state index is 5.88. The molecule has 0 aliphatic rings. The molecule has 1 rings (SSSR count). The van der Waals surface area contributed by atoms with Crippen molar-refractivity contribution in [2.45, 2.75) is 53.1 Å². The molecule has 17 heavy (non-hydrogen) atoms. The lowest BCUT2D eigenvalue weighted by atomic mass is 9.86. The Labute approximate surface area is 105 Å². The number of ether oxygens (including phenoxy) is 1. The first kappa shape index (κ1) is 13.9. The summed E-state index contributed by atoms with van der Waals surface area (Å²) in [6.45, 7) is 13.8. The predicted molar refractivity (Wildman–Crippen MR) is 75.1 cm³/mol. The van der Waals surface area contributed by atoms with Crippen LogP contribution in [0.3, 0.4) is 0 Å². The van der Waals surface area contributed by atoms with Gasteiger partial charge in [-0.3, -0.25) is 0 Å². The Bertz CT molecular complexity index is 364. The van der Waals surface area contributed by atoms with Crippen LogP contribution in [0, 0.1) is 0 Å². The summed E-state index contributed by atoms with van der Waals surface area (Å²) in [7, 11) is 0. The Morgan fingerprint density at radius 1 is 1.24 bits per heavy atom. The van der Waals surface area contributed by atoms with E-state index in [1.807, 2.05) is 0 Å². The fraction of sp³-hybridized carbons (Fsp3) is 0.600. The molecule has 1 N–H and O–H groups in total. The SMILES string of the molecule is CCNc1ccc(OC(C)C)c(C(C)(C)C)c1. The molecule has 1 aromatic carbocycles. The van der Waals surface area contributed by atoms with Gasteiger partial charge in [0.25, 0.3) is 0 Å². The number of hydrogen-bond donors (Lipinski definition) is 1. The first-order valence-corrected chi connectivity index (χ1v) is 6.39. The number of nitrogens with one attached hydrogen (secondary N) is 1. The molecule has 0 radical (unpaired) electrons. The van der Waals surface area contributed by atoms with Gasteiger partial charge in [-0.2, -0.15) is 0 Å². The van der Waals surface area contributed by atoms with Crippen molar-refractivity contribution in [1.29, 1.82) is 0 Å². The normalized spacial score (nSPS) is 11.7. The molecule has 0 spiro atoms. The van der Waals surface area contributed by atoms with Crippen LogP contribution >= 0.6 is 0 Å². The highest BCUT2D eigenvalue weighted by atomic mass is 16.5. The van der Waals surface area contributed by atoms with Crippen molar-refractivity contribution in [3.05, 3.63) is 23.8 Å². The Kier molecular flexibility index (Phi) is 4.44. The van der Waals surface area contributed by atoms with Gasteiger partial charge >= 0.3 is 0 Å². The Morgan fingerprint density at radius 2 is 1.88 bits per heavy atom. The van der Waals surface area contributed by atoms with E-state index in [0.29, 0.717) is 0 Å². The van der Waals surface area contributed by atoms with Crippen molar-refractivity contribution >= 4 is 5.69 Å². The molecule has 96 valence electrons. The van der Waals surface area contributed by atoms with E-state index in [1.54, 1.807) is 0 Å². The summed E-state index contributed by atoms with van der Waals surface area (Å²) >= 11 is 0. The van der Waals surface area contributed by atoms with Crippen LogP contribution in [0.15, 0.2) is 18.2 Å². The van der Waals surface area contributed by atoms with Crippen LogP contribution in [0.2, 0.25) is 0 Å². The van der Waals surface area contributed by atoms with Gasteiger partial charge in [-0.25, -0.2) is 0 Å². The van der Waals surface area contributed by atoms with E-state index in [-0.39, 0.29) is 11.5 Å². The van der Waals surface area contributed by atoms with Crippen molar-refractivity contribution in [2.75, 3.05) is 11.9 Å². The van der Waals surface area contributed by atoms with Gasteiger partial charge in [0.1, 0.15) is 5.75 Å². The number of anilines is 1. The largest absolute Gasteiger partial charge is 0.491 e. The van der Waals surface area contributed by atoms with Crippen molar-refractivity contribution in [3.8, 4) is 5.75 Å². The number of rotatable bonds is 4. The van der Waals surface area contributed by atoms with Gasteiger partial charge in [0, 0.05) is 17.8 Å². The molecule has 0 atom stereocenters. The Balaban J connectivity index is 3.12. The molecule has 0 aliphatic carbocycles. The molecule has 0 aliphatic heterocycles. The lowest BCUT2D eigenvalue weighted by Gasteiger charge is -2.25. The topological polar surface area (TPSA) is 21.3 Å². The quantitative estimate of drug-likeness (QED) is 0.844. The first-order chi connectivity index (χ1) is 7.84. The molecular formula is C15H25NO. The molecule has 1 aromatic rings. The van der Waals surface area contributed by atoms with E-state index in [0.717, 1.165) is 18.0 Å². The zero-order valence-corrected chi connectivity index (χ0v) is 11.9. The second kappa shape index (κ2) is 5.44. The summed E-state index contributed by atoms with van der Waals surface area (Å²) in [5, 5.41) is 3.34. The van der Waals surface area contributed by atoms with E-state index in [9.17, 15) is 0 Å². The van der Waals surface area contributed by atoms with Crippen LogP contribution < -0.4 is 10.1 Å². The smallest absolute Gasteiger partial charge is 0.123 e. The molecule has 0 unspecified atom stereocenters. The fourth-order valence-electron chi connectivity index (χ4n) is 1.79. The van der Waals surface area contributed by atoms with Crippen molar-refractivity contribution in [3.63, 3.8) is 0 Å². The van der Waals surface area contributed by atoms with E-state index < -0.39 is 0 Å². The van der Waals surface area contributed by atoms with Crippen LogP contribution in [-0.2, 0) is 5.41 Å². The minimum Gasteiger partial charge on any atom is -0.491 e. The molecule has 0 saturated carbocycles. The molecule has 2 heteroatoms. The number of benzene rings is 1. The highest BCUT2D eigenvalue weighted by Gasteiger charge is 2.20. The van der Waals surface area contributed by atoms with Crippen LogP contribution in [0.5, 0.6) is 5.75 Å². The minimum atomic E-state index is 0.0929. The summed E-state index contributed by atoms with van der Waals surface area (Å²) < 4.78 is 5.88. The second-order valence-corrected chi connectivity index (χ2v) is 5.66. The first-order valence-electron chi connectivity index (χ1n) is 6.39. The summed E-state index contributed by atoms with van der Waals surface area (Å²) in [5.41, 5.74) is 2.51. The molecule has 0 fully saturated rings. The van der Waals surface area contributed by atoms with E-state index in [2.05, 4.69) is 65.1 Å². The molecule has 0 bridgehead atoms. The van der Waals surface area contributed by atoms with Gasteiger partial charge in [-0.1, -0.05) is 20.8 Å². The van der Waals surface area contributed by atoms with Crippen LogP contribution in [-0.4, -0.2) is 12.6 Å². The average molecular weight is 235 g/mol. The average Bonchev–Trinajstić information content (AvgIpc) is 2.18. The lowest BCUT2D eigenvalue weighted by Crippen LogP contribution is -2.16. The zero-order chi connectivity index (χ0) is 13.1. The minimum absolute atomic E-state index is 0.0929. The third kappa shape index (κ3) is 3.95. The van der Waals surface area contributed by atoms with Crippen LogP contribution in [0.4, 0.5) is 5.69 Å². The van der Waals surface area contributed by atoms with E-state index in [4.69, 9.17) is 4.74 Å². The lowest BCUT2D eigenvalue weighted by molar-refractivity contribution is 0.236. The maximum absolute atomic E-state index is 5.88. The maximum Gasteiger partial charge on any atom is 0.123 e. The Hall–Kier alpha value is -1.18. The highest BCUT2D eigenvalue weighted by molar-refractivity contribution is 5.53. The number of hydrogen-bond acceptors (Lipinski definition) is 2. The van der Waals surface area contributed by atoms with Crippen molar-refractivity contribution < 1.29 is 4.74 Å². The predicted octanol–water partition coefficient (Wildman–Crippen LogP) is 4.20. The highest BCUT2D eigenvalue weighted by Crippen LogP contribution is 2.34. The van der Waals surface area contributed by atoms with Crippen molar-refractivity contribution in [2.24, 2.45) is 0 Å². The van der Waals surface area contributed by atoms with Gasteiger partial charge in [0.2, 0.25) is 0 Å². The van der Waals surface area contributed by atoms with Gasteiger partial charge in [-0.15, -0.1) is 0 Å². The monoisotopic (exact) mass is 235 g/mol. The fourth-order valence-corrected chi connectivity index (χ4v) is 1.79. The van der Waals surface area contributed by atoms with Crippen LogP contribution in [0.1, 0.15) is 47.1 Å². The van der Waals surface area contributed by atoms with Crippen LogP contribution in [0.25, 0.3) is 0 Å². The second-order valence-electron chi connectivity index (χ2n) is 5.66. The zero-order valence-electron chi connectivity index (χ0n) is 11.9. The van der Waals surface area contributed by atoms with Crippen molar-refractivity contribution in [1.82, 2.24) is 0 Å². The van der Waals surface area contributed by atoms with Gasteiger partial charge < -0.3 is 10.1 Å². The van der Waals surface area contributed by atoms with E-state index in [1.165, 1.54) is 5.56 Å². The molecule has 0 heterocycles. The molecule has 0 aromatic heterocycles. The molecule has 2 nitrogen and oxygen atoms in total. The van der Waals surface area contributed by atoms with Gasteiger partial charge in [-0.05, 0) is 44.4 Å². The molecular weight excluding hydrogens is 210 g/mol. The third-order valence-electron chi connectivity index (χ3n) is 2.53. The third-order valence-corrected chi connectivity index (χ3v) is 2.53. The van der Waals surface area contributed by atoms with E-state index >= 15 is 0 Å².